The van der Waals surface area contributed by atoms with E-state index in [0.29, 0.717) is 34.1 Å². The summed E-state index contributed by atoms with van der Waals surface area (Å²) in [5.74, 6) is 0.972. The second kappa shape index (κ2) is 8.34. The zero-order chi connectivity index (χ0) is 17.7. The monoisotopic (exact) mass is 369 g/mol. The van der Waals surface area contributed by atoms with Crippen LogP contribution in [0.25, 0.3) is 0 Å². The molecule has 2 aromatic rings. The fraction of sp³-hybridized carbons (Fsp3) is 0.467. The van der Waals surface area contributed by atoms with Crippen LogP contribution in [0, 0.1) is 12.8 Å². The van der Waals surface area contributed by atoms with Gasteiger partial charge >= 0.3 is 0 Å². The molecule has 0 saturated carbocycles. The van der Waals surface area contributed by atoms with Crippen LogP contribution in [-0.2, 0) is 11.3 Å². The summed E-state index contributed by atoms with van der Waals surface area (Å²) >= 11 is 7.36. The summed E-state index contributed by atoms with van der Waals surface area (Å²) in [6.07, 6.45) is 0. The van der Waals surface area contributed by atoms with Crippen molar-refractivity contribution in [3.63, 3.8) is 0 Å². The summed E-state index contributed by atoms with van der Waals surface area (Å²) in [5.41, 5.74) is 1.45. The predicted molar refractivity (Wildman–Crippen MR) is 94.7 cm³/mol. The Labute approximate surface area is 150 Å². The number of ether oxygens (including phenoxy) is 1. The molecule has 0 saturated heterocycles. The molecule has 1 N–H and O–H groups in total. The van der Waals surface area contributed by atoms with Crippen molar-refractivity contribution in [1.82, 2.24) is 20.2 Å². The highest BCUT2D eigenvalue weighted by Crippen LogP contribution is 2.31. The van der Waals surface area contributed by atoms with Gasteiger partial charge in [0.05, 0.1) is 18.6 Å². The van der Waals surface area contributed by atoms with Crippen molar-refractivity contribution in [1.29, 1.82) is 0 Å². The number of tetrazole rings is 1. The topological polar surface area (TPSA) is 81.9 Å². The third kappa shape index (κ3) is 4.85. The minimum Gasteiger partial charge on any atom is -0.495 e. The second-order valence-electron chi connectivity index (χ2n) is 5.68. The molecular formula is C15H20ClN5O2S. The first-order valence-electron chi connectivity index (χ1n) is 7.43. The molecule has 0 aliphatic carbocycles. The lowest BCUT2D eigenvalue weighted by molar-refractivity contribution is -0.113. The van der Waals surface area contributed by atoms with E-state index in [1.54, 1.807) is 16.8 Å². The average molecular weight is 370 g/mol. The van der Waals surface area contributed by atoms with Crippen LogP contribution in [0.5, 0.6) is 5.75 Å². The molecule has 9 heteroatoms. The van der Waals surface area contributed by atoms with E-state index in [4.69, 9.17) is 16.3 Å². The maximum atomic E-state index is 12.2. The van der Waals surface area contributed by atoms with E-state index >= 15 is 0 Å². The van der Waals surface area contributed by atoms with Gasteiger partial charge < -0.3 is 10.1 Å². The Morgan fingerprint density at radius 1 is 1.46 bits per heavy atom. The van der Waals surface area contributed by atoms with Crippen molar-refractivity contribution >= 4 is 35.0 Å². The van der Waals surface area contributed by atoms with Gasteiger partial charge in [-0.1, -0.05) is 37.2 Å². The molecule has 1 aromatic carbocycles. The van der Waals surface area contributed by atoms with Crippen molar-refractivity contribution in [2.75, 3.05) is 18.2 Å². The van der Waals surface area contributed by atoms with Crippen LogP contribution >= 0.6 is 23.4 Å². The number of benzene rings is 1. The van der Waals surface area contributed by atoms with Gasteiger partial charge in [-0.15, -0.1) is 5.10 Å². The Balaban J connectivity index is 1.99. The molecule has 1 amide bonds. The Bertz CT molecular complexity index is 720. The molecule has 0 unspecified atom stereocenters. The molecule has 0 aliphatic rings. The highest BCUT2D eigenvalue weighted by atomic mass is 35.5. The Morgan fingerprint density at radius 3 is 2.88 bits per heavy atom. The molecular weight excluding hydrogens is 350 g/mol. The zero-order valence-corrected chi connectivity index (χ0v) is 15.6. The number of anilines is 1. The minimum absolute atomic E-state index is 0.167. The first kappa shape index (κ1) is 18.5. The number of aryl methyl sites for hydroxylation is 1. The number of carbonyl (C=O) groups is 1. The van der Waals surface area contributed by atoms with E-state index in [-0.39, 0.29) is 11.7 Å². The van der Waals surface area contributed by atoms with E-state index in [0.717, 1.165) is 5.56 Å². The summed E-state index contributed by atoms with van der Waals surface area (Å²) < 4.78 is 6.96. The zero-order valence-electron chi connectivity index (χ0n) is 14.0. The molecule has 7 nitrogen and oxygen atoms in total. The molecule has 0 radical (unpaired) electrons. The van der Waals surface area contributed by atoms with Gasteiger partial charge in [-0.25, -0.2) is 4.68 Å². The number of rotatable bonds is 7. The number of halogens is 1. The lowest BCUT2D eigenvalue weighted by Gasteiger charge is -2.12. The Kier molecular flexibility index (Phi) is 6.44. The highest BCUT2D eigenvalue weighted by molar-refractivity contribution is 7.99. The van der Waals surface area contributed by atoms with Crippen LogP contribution in [0.15, 0.2) is 17.3 Å². The van der Waals surface area contributed by atoms with Crippen molar-refractivity contribution in [2.45, 2.75) is 32.5 Å². The second-order valence-corrected chi connectivity index (χ2v) is 7.03. The molecule has 1 aromatic heterocycles. The molecule has 0 bridgehead atoms. The first-order valence-corrected chi connectivity index (χ1v) is 8.80. The van der Waals surface area contributed by atoms with E-state index in [9.17, 15) is 4.79 Å². The van der Waals surface area contributed by atoms with Gasteiger partial charge in [-0.3, -0.25) is 4.79 Å². The molecule has 1 heterocycles. The first-order chi connectivity index (χ1) is 11.4. The number of nitrogens with zero attached hydrogens (tertiary/aromatic N) is 4. The molecule has 2 rings (SSSR count). The quantitative estimate of drug-likeness (QED) is 0.755. The highest BCUT2D eigenvalue weighted by Gasteiger charge is 2.13. The smallest absolute Gasteiger partial charge is 0.234 e. The van der Waals surface area contributed by atoms with Crippen LogP contribution < -0.4 is 10.1 Å². The van der Waals surface area contributed by atoms with Crippen LogP contribution in [0.3, 0.4) is 0 Å². The van der Waals surface area contributed by atoms with Crippen LogP contribution in [0.2, 0.25) is 5.02 Å². The number of hydrogen-bond acceptors (Lipinski definition) is 6. The van der Waals surface area contributed by atoms with Gasteiger partial charge in [0, 0.05) is 17.6 Å². The number of thioether (sulfide) groups is 1. The fourth-order valence-corrected chi connectivity index (χ4v) is 2.85. The third-order valence-electron chi connectivity index (χ3n) is 3.12. The maximum Gasteiger partial charge on any atom is 0.234 e. The maximum absolute atomic E-state index is 12.2. The number of aromatic nitrogens is 4. The Hall–Kier alpha value is -1.80. The van der Waals surface area contributed by atoms with Gasteiger partial charge in [0.2, 0.25) is 11.1 Å². The molecule has 0 fully saturated rings. The number of amides is 1. The number of carbonyl (C=O) groups excluding carboxylic acids is 1. The molecule has 130 valence electrons. The van der Waals surface area contributed by atoms with Gasteiger partial charge in [0.25, 0.3) is 0 Å². The largest absolute Gasteiger partial charge is 0.495 e. The standard InChI is InChI=1S/C15H20ClN5O2S/c1-9(2)7-21-15(18-19-20-21)24-8-14(22)17-12-5-10(3)11(16)6-13(12)23-4/h5-6,9H,7-8H2,1-4H3,(H,17,22). The van der Waals surface area contributed by atoms with Crippen molar-refractivity contribution in [2.24, 2.45) is 5.92 Å². The summed E-state index contributed by atoms with van der Waals surface area (Å²) in [6, 6.07) is 3.47. The van der Waals surface area contributed by atoms with Gasteiger partial charge in [0.1, 0.15) is 5.75 Å². The van der Waals surface area contributed by atoms with Gasteiger partial charge in [0.15, 0.2) is 0 Å². The van der Waals surface area contributed by atoms with Gasteiger partial charge in [-0.2, -0.15) is 0 Å². The van der Waals surface area contributed by atoms with E-state index in [1.807, 2.05) is 6.92 Å². The summed E-state index contributed by atoms with van der Waals surface area (Å²) in [4.78, 5) is 12.2. The predicted octanol–water partition coefficient (Wildman–Crippen LogP) is 3.03. The van der Waals surface area contributed by atoms with Crippen molar-refractivity contribution < 1.29 is 9.53 Å². The lowest BCUT2D eigenvalue weighted by Crippen LogP contribution is -2.16. The summed E-state index contributed by atoms with van der Waals surface area (Å²) in [7, 11) is 1.53. The van der Waals surface area contributed by atoms with E-state index in [2.05, 4.69) is 34.7 Å². The Morgan fingerprint density at radius 2 is 2.21 bits per heavy atom. The fourth-order valence-electron chi connectivity index (χ4n) is 2.01. The van der Waals surface area contributed by atoms with Crippen LogP contribution in [0.1, 0.15) is 19.4 Å². The molecule has 0 aliphatic heterocycles. The summed E-state index contributed by atoms with van der Waals surface area (Å²) in [6.45, 7) is 6.74. The van der Waals surface area contributed by atoms with Crippen molar-refractivity contribution in [3.8, 4) is 5.75 Å². The SMILES string of the molecule is COc1cc(Cl)c(C)cc1NC(=O)CSc1nnnn1CC(C)C. The summed E-state index contributed by atoms with van der Waals surface area (Å²) in [5, 5.41) is 15.6. The molecule has 0 atom stereocenters. The number of methoxy groups -OCH3 is 1. The van der Waals surface area contributed by atoms with E-state index < -0.39 is 0 Å². The molecule has 24 heavy (non-hydrogen) atoms. The number of nitrogens with one attached hydrogen (secondary N) is 1. The normalized spacial score (nSPS) is 10.9. The third-order valence-corrected chi connectivity index (χ3v) is 4.49. The van der Waals surface area contributed by atoms with Crippen molar-refractivity contribution in [3.05, 3.63) is 22.7 Å². The number of hydrogen-bond donors (Lipinski definition) is 1. The van der Waals surface area contributed by atoms with Crippen LogP contribution in [0.4, 0.5) is 5.69 Å². The van der Waals surface area contributed by atoms with Crippen LogP contribution in [-0.4, -0.2) is 39.0 Å². The minimum atomic E-state index is -0.167. The van der Waals surface area contributed by atoms with E-state index in [1.165, 1.54) is 18.9 Å². The molecule has 0 spiro atoms. The van der Waals surface area contributed by atoms with Gasteiger partial charge in [-0.05, 0) is 34.9 Å². The lowest BCUT2D eigenvalue weighted by atomic mass is 10.2. The average Bonchev–Trinajstić information content (AvgIpc) is 2.95.